The van der Waals surface area contributed by atoms with E-state index in [-0.39, 0.29) is 11.1 Å². The fourth-order valence-corrected chi connectivity index (χ4v) is 8.94. The number of pyridine rings is 4. The van der Waals surface area contributed by atoms with E-state index in [0.29, 0.717) is 44.4 Å². The van der Waals surface area contributed by atoms with Gasteiger partial charge in [-0.2, -0.15) is 0 Å². The van der Waals surface area contributed by atoms with Crippen LogP contribution in [-0.2, 0) is 0 Å². The van der Waals surface area contributed by atoms with Crippen LogP contribution < -0.4 is 11.1 Å². The molecule has 0 saturated heterocycles. The Morgan fingerprint density at radius 3 is 1.16 bits per heavy atom. The summed E-state index contributed by atoms with van der Waals surface area (Å²) in [4.78, 5) is 48.3. The van der Waals surface area contributed by atoms with Crippen molar-refractivity contribution in [3.05, 3.63) is 130 Å². The third-order valence-electron chi connectivity index (χ3n) is 11.0. The molecule has 8 nitrogen and oxygen atoms in total. The molecule has 0 unspecified atom stereocenters. The zero-order chi connectivity index (χ0) is 32.6. The van der Waals surface area contributed by atoms with Gasteiger partial charge in [-0.1, -0.05) is 72.8 Å². The largest absolute Gasteiger partial charge is 0.268 e. The van der Waals surface area contributed by atoms with E-state index < -0.39 is 0 Å². The minimum atomic E-state index is -0.136. The van der Waals surface area contributed by atoms with Crippen LogP contribution >= 0.6 is 0 Å². The number of benzene rings is 7. The predicted molar refractivity (Wildman–Crippen MR) is 201 cm³/mol. The molecule has 0 aliphatic rings. The number of fused-ring (bicyclic) bond motifs is 14. The molecule has 6 heterocycles. The summed E-state index contributed by atoms with van der Waals surface area (Å²) in [7, 11) is 0. The minimum Gasteiger partial charge on any atom is -0.268 e. The highest BCUT2D eigenvalue weighted by molar-refractivity contribution is 6.40. The summed E-state index contributed by atoms with van der Waals surface area (Å²) in [5, 5.41) is 14.9. The monoisotopic (exact) mass is 638 g/mol. The van der Waals surface area contributed by atoms with E-state index in [4.69, 9.17) is 19.9 Å². The zero-order valence-corrected chi connectivity index (χ0v) is 25.9. The first kappa shape index (κ1) is 25.0. The molecule has 0 bridgehead atoms. The Hall–Kier alpha value is -7.06. The molecule has 0 atom stereocenters. The van der Waals surface area contributed by atoms with Crippen LogP contribution in [0.3, 0.4) is 0 Å². The van der Waals surface area contributed by atoms with Crippen LogP contribution in [0.15, 0.2) is 119 Å². The Kier molecular flexibility index (Phi) is 4.07. The number of hydrogen-bond donors (Lipinski definition) is 0. The summed E-state index contributed by atoms with van der Waals surface area (Å²) >= 11 is 0. The van der Waals surface area contributed by atoms with Crippen LogP contribution in [-0.4, -0.2) is 28.7 Å². The van der Waals surface area contributed by atoms with Crippen LogP contribution in [0.25, 0.3) is 120 Å². The van der Waals surface area contributed by atoms with E-state index in [1.165, 1.54) is 0 Å². The second-order valence-electron chi connectivity index (χ2n) is 13.3. The Balaban J connectivity index is 1.22. The maximum Gasteiger partial charge on any atom is 0.265 e. The zero-order valence-electron chi connectivity index (χ0n) is 25.9. The van der Waals surface area contributed by atoms with Crippen molar-refractivity contribution in [2.75, 3.05) is 0 Å². The lowest BCUT2D eigenvalue weighted by Crippen LogP contribution is -2.14. The van der Waals surface area contributed by atoms with Crippen LogP contribution in [0.4, 0.5) is 0 Å². The van der Waals surface area contributed by atoms with E-state index in [1.54, 1.807) is 8.80 Å². The van der Waals surface area contributed by atoms with Crippen LogP contribution in [0.5, 0.6) is 0 Å². The number of nitrogens with zero attached hydrogens (tertiary/aromatic N) is 6. The van der Waals surface area contributed by atoms with Crippen molar-refractivity contribution in [3.63, 3.8) is 0 Å². The van der Waals surface area contributed by atoms with Crippen molar-refractivity contribution in [3.8, 4) is 0 Å². The molecule has 0 fully saturated rings. The predicted octanol–water partition coefficient (Wildman–Crippen LogP) is 8.34. The molecule has 0 N–H and O–H groups in total. The Morgan fingerprint density at radius 1 is 0.360 bits per heavy atom. The molecule has 228 valence electrons. The molecule has 7 aromatic carbocycles. The number of rotatable bonds is 0. The highest BCUT2D eigenvalue weighted by Gasteiger charge is 2.25. The van der Waals surface area contributed by atoms with Gasteiger partial charge in [0.15, 0.2) is 11.3 Å². The second-order valence-corrected chi connectivity index (χ2v) is 13.3. The third kappa shape index (κ3) is 2.65. The Labute approximate surface area is 278 Å². The van der Waals surface area contributed by atoms with E-state index in [0.717, 1.165) is 75.4 Å². The number of hydrogen-bond acceptors (Lipinski definition) is 6. The van der Waals surface area contributed by atoms with Crippen molar-refractivity contribution >= 4 is 120 Å². The quantitative estimate of drug-likeness (QED) is 0.122. The molecule has 50 heavy (non-hydrogen) atoms. The first-order valence-electron chi connectivity index (χ1n) is 16.5. The van der Waals surface area contributed by atoms with E-state index in [2.05, 4.69) is 36.4 Å². The Bertz CT molecular complexity index is 3560. The summed E-state index contributed by atoms with van der Waals surface area (Å²) < 4.78 is 3.33. The van der Waals surface area contributed by atoms with E-state index >= 15 is 0 Å². The normalized spacial score (nSPS) is 13.0. The smallest absolute Gasteiger partial charge is 0.265 e. The van der Waals surface area contributed by atoms with Gasteiger partial charge in [0.25, 0.3) is 11.1 Å². The van der Waals surface area contributed by atoms with Gasteiger partial charge in [0.2, 0.25) is 0 Å². The topological polar surface area (TPSA) is 94.5 Å². The molecule has 8 heteroatoms. The first-order valence-corrected chi connectivity index (χ1v) is 16.5. The van der Waals surface area contributed by atoms with Gasteiger partial charge < -0.3 is 0 Å². The van der Waals surface area contributed by atoms with Crippen molar-refractivity contribution in [1.29, 1.82) is 0 Å². The van der Waals surface area contributed by atoms with Crippen molar-refractivity contribution in [2.45, 2.75) is 0 Å². The highest BCUT2D eigenvalue weighted by Crippen LogP contribution is 2.46. The fraction of sp³-hybridized carbons (Fsp3) is 0. The maximum absolute atomic E-state index is 14.3. The lowest BCUT2D eigenvalue weighted by atomic mass is 9.86. The summed E-state index contributed by atoms with van der Waals surface area (Å²) in [5.41, 5.74) is 3.49. The van der Waals surface area contributed by atoms with Gasteiger partial charge in [0, 0.05) is 66.3 Å². The van der Waals surface area contributed by atoms with E-state index in [1.807, 2.05) is 73.1 Å². The van der Waals surface area contributed by atoms with Crippen molar-refractivity contribution in [1.82, 2.24) is 28.7 Å². The van der Waals surface area contributed by atoms with Gasteiger partial charge in [-0.3, -0.25) is 9.59 Å². The average molecular weight is 639 g/mol. The van der Waals surface area contributed by atoms with Crippen LogP contribution in [0.2, 0.25) is 0 Å². The molecule has 13 aromatic rings. The van der Waals surface area contributed by atoms with E-state index in [9.17, 15) is 9.59 Å². The van der Waals surface area contributed by atoms with Gasteiger partial charge in [0.05, 0.1) is 0 Å². The van der Waals surface area contributed by atoms with Gasteiger partial charge in [-0.25, -0.2) is 28.7 Å². The molecule has 6 aromatic heterocycles. The molecule has 0 aliphatic carbocycles. The molecule has 0 radical (unpaired) electrons. The summed E-state index contributed by atoms with van der Waals surface area (Å²) in [5.74, 6) is 0. The summed E-state index contributed by atoms with van der Waals surface area (Å²) in [6.07, 6.45) is 3.62. The summed E-state index contributed by atoms with van der Waals surface area (Å²) in [6, 6.07) is 32.4. The molecule has 13 rings (SSSR count). The van der Waals surface area contributed by atoms with Crippen molar-refractivity contribution in [2.24, 2.45) is 0 Å². The highest BCUT2D eigenvalue weighted by atomic mass is 16.1. The molecule has 0 saturated carbocycles. The maximum atomic E-state index is 14.3. The Morgan fingerprint density at radius 2 is 0.720 bits per heavy atom. The molecule has 0 spiro atoms. The number of imidazole rings is 2. The molecule has 0 amide bonds. The minimum absolute atomic E-state index is 0.136. The standard InChI is InChI=1S/C42H18N6O2/c49-41-29-15-11-25-24-10-14-28-34-30(42(50)48-38(28)46-36-22-8-4-2-6-20(22)18-44-40(36)48)16-12-26(32(24)34)23-9-13-27(33(29)31(23)25)37-45-35-21-7-3-1-5-19(21)17-43-39(35)47(37)41/h1-18H. The van der Waals surface area contributed by atoms with Crippen LogP contribution in [0.1, 0.15) is 0 Å². The lowest BCUT2D eigenvalue weighted by Gasteiger charge is -2.18. The fourth-order valence-electron chi connectivity index (χ4n) is 8.94. The third-order valence-corrected chi connectivity index (χ3v) is 11.0. The average Bonchev–Trinajstić information content (AvgIpc) is 3.76. The van der Waals surface area contributed by atoms with Gasteiger partial charge in [0.1, 0.15) is 22.3 Å². The SMILES string of the molecule is O=c1c2ccc3c4ccc5c6c(ccc(c7ccc(c2c37)c2nc3c7ccccc7cnc3n12)c46)c(=O)n1c5nc2c3ccccc3cnc21. The van der Waals surface area contributed by atoms with Crippen LogP contribution in [0, 0.1) is 0 Å². The molecule has 0 aliphatic heterocycles. The van der Waals surface area contributed by atoms with Gasteiger partial charge >= 0.3 is 0 Å². The lowest BCUT2D eigenvalue weighted by molar-refractivity contribution is 1.15. The second kappa shape index (κ2) is 8.14. The van der Waals surface area contributed by atoms with Gasteiger partial charge in [-0.15, -0.1) is 0 Å². The molecular weight excluding hydrogens is 621 g/mol. The van der Waals surface area contributed by atoms with Gasteiger partial charge in [-0.05, 0) is 56.6 Å². The summed E-state index contributed by atoms with van der Waals surface area (Å²) in [6.45, 7) is 0. The van der Waals surface area contributed by atoms with Crippen molar-refractivity contribution < 1.29 is 0 Å². The first-order chi connectivity index (χ1) is 24.7. The molecular formula is C42H18N6O2. The number of aromatic nitrogens is 6.